The molecule has 1 aromatic heterocycles. The SMILES string of the molecule is CCCCn1ccc2ccc(C(=O)N[C@@H](Cc3cc(F)cc(F)c3)[C@H](O)CN)cc21. The zero-order chi connectivity index (χ0) is 21.7. The zero-order valence-electron chi connectivity index (χ0n) is 16.9. The number of nitrogens with zero attached hydrogens (tertiary/aromatic N) is 1. The normalized spacial score (nSPS) is 13.4. The van der Waals surface area contributed by atoms with E-state index in [1.165, 1.54) is 12.1 Å². The molecule has 0 aliphatic heterocycles. The van der Waals surface area contributed by atoms with Crippen molar-refractivity contribution in [1.29, 1.82) is 0 Å². The van der Waals surface area contributed by atoms with Crippen molar-refractivity contribution in [3.8, 4) is 0 Å². The van der Waals surface area contributed by atoms with E-state index in [0.717, 1.165) is 36.4 Å². The number of rotatable bonds is 9. The molecule has 0 aliphatic carbocycles. The molecule has 5 nitrogen and oxygen atoms in total. The number of halogens is 2. The van der Waals surface area contributed by atoms with E-state index in [2.05, 4.69) is 16.8 Å². The van der Waals surface area contributed by atoms with Crippen LogP contribution in [-0.4, -0.2) is 34.3 Å². The number of benzene rings is 2. The third-order valence-electron chi connectivity index (χ3n) is 5.19. The Hall–Kier alpha value is -2.77. The molecule has 0 radical (unpaired) electrons. The first-order chi connectivity index (χ1) is 14.4. The number of nitrogens with two attached hydrogens (primary N) is 1. The number of nitrogens with one attached hydrogen (secondary N) is 1. The minimum absolute atomic E-state index is 0.0495. The van der Waals surface area contributed by atoms with E-state index in [9.17, 15) is 18.7 Å². The summed E-state index contributed by atoms with van der Waals surface area (Å²) >= 11 is 0. The number of carbonyl (C=O) groups is 1. The maximum Gasteiger partial charge on any atom is 0.251 e. The molecule has 0 bridgehead atoms. The van der Waals surface area contributed by atoms with Crippen LogP contribution >= 0.6 is 0 Å². The second-order valence-electron chi connectivity index (χ2n) is 7.50. The summed E-state index contributed by atoms with van der Waals surface area (Å²) in [7, 11) is 0. The van der Waals surface area contributed by atoms with Crippen LogP contribution in [0.1, 0.15) is 35.7 Å². The Morgan fingerprint density at radius 3 is 2.57 bits per heavy atom. The second-order valence-corrected chi connectivity index (χ2v) is 7.50. The zero-order valence-corrected chi connectivity index (χ0v) is 16.9. The fraction of sp³-hybridized carbons (Fsp3) is 0.348. The fourth-order valence-electron chi connectivity index (χ4n) is 3.53. The van der Waals surface area contributed by atoms with Crippen molar-refractivity contribution in [2.75, 3.05) is 6.54 Å². The Kier molecular flexibility index (Phi) is 7.18. The molecule has 30 heavy (non-hydrogen) atoms. The summed E-state index contributed by atoms with van der Waals surface area (Å²) in [5.41, 5.74) is 7.30. The molecule has 0 aliphatic rings. The highest BCUT2D eigenvalue weighted by atomic mass is 19.1. The monoisotopic (exact) mass is 415 g/mol. The number of fused-ring (bicyclic) bond motifs is 1. The van der Waals surface area contributed by atoms with Gasteiger partial charge < -0.3 is 20.7 Å². The van der Waals surface area contributed by atoms with Crippen LogP contribution in [0.4, 0.5) is 8.78 Å². The van der Waals surface area contributed by atoms with Crippen LogP contribution in [0.3, 0.4) is 0 Å². The largest absolute Gasteiger partial charge is 0.390 e. The Morgan fingerprint density at radius 1 is 1.17 bits per heavy atom. The lowest BCUT2D eigenvalue weighted by Crippen LogP contribution is -2.47. The van der Waals surface area contributed by atoms with Gasteiger partial charge in [-0.15, -0.1) is 0 Å². The maximum atomic E-state index is 13.5. The molecule has 1 amide bonds. The van der Waals surface area contributed by atoms with Crippen molar-refractivity contribution in [3.05, 3.63) is 71.4 Å². The summed E-state index contributed by atoms with van der Waals surface area (Å²) in [4.78, 5) is 12.9. The highest BCUT2D eigenvalue weighted by Crippen LogP contribution is 2.19. The summed E-state index contributed by atoms with van der Waals surface area (Å²) in [5, 5.41) is 14.1. The first-order valence-corrected chi connectivity index (χ1v) is 10.1. The third-order valence-corrected chi connectivity index (χ3v) is 5.19. The quantitative estimate of drug-likeness (QED) is 0.501. The molecule has 0 fully saturated rings. The molecule has 2 aromatic carbocycles. The average Bonchev–Trinajstić information content (AvgIpc) is 3.12. The number of aromatic nitrogens is 1. The molecule has 1 heterocycles. The van der Waals surface area contributed by atoms with Gasteiger partial charge in [0, 0.05) is 36.4 Å². The Bertz CT molecular complexity index is 999. The smallest absolute Gasteiger partial charge is 0.251 e. The molecule has 160 valence electrons. The Morgan fingerprint density at radius 2 is 1.90 bits per heavy atom. The van der Waals surface area contributed by atoms with E-state index in [-0.39, 0.29) is 18.9 Å². The number of aliphatic hydroxyl groups is 1. The molecule has 3 rings (SSSR count). The number of amides is 1. The van der Waals surface area contributed by atoms with Crippen LogP contribution in [0, 0.1) is 11.6 Å². The van der Waals surface area contributed by atoms with Gasteiger partial charge in [0.25, 0.3) is 5.91 Å². The van der Waals surface area contributed by atoms with Crippen molar-refractivity contribution in [1.82, 2.24) is 9.88 Å². The van der Waals surface area contributed by atoms with E-state index in [1.807, 2.05) is 24.4 Å². The third kappa shape index (κ3) is 5.23. The van der Waals surface area contributed by atoms with E-state index in [4.69, 9.17) is 5.73 Å². The van der Waals surface area contributed by atoms with E-state index < -0.39 is 23.8 Å². The van der Waals surface area contributed by atoms with Crippen LogP contribution < -0.4 is 11.1 Å². The molecule has 4 N–H and O–H groups in total. The van der Waals surface area contributed by atoms with Crippen LogP contribution in [-0.2, 0) is 13.0 Å². The van der Waals surface area contributed by atoms with Gasteiger partial charge in [-0.2, -0.15) is 0 Å². The predicted molar refractivity (Wildman–Crippen MR) is 113 cm³/mol. The van der Waals surface area contributed by atoms with Crippen molar-refractivity contribution in [2.45, 2.75) is 44.9 Å². The lowest BCUT2D eigenvalue weighted by molar-refractivity contribution is 0.0845. The Balaban J connectivity index is 1.81. The number of aryl methyl sites for hydroxylation is 1. The number of carbonyl (C=O) groups excluding carboxylic acids is 1. The van der Waals surface area contributed by atoms with Gasteiger partial charge in [-0.3, -0.25) is 4.79 Å². The van der Waals surface area contributed by atoms with Crippen LogP contribution in [0.2, 0.25) is 0 Å². The molecule has 7 heteroatoms. The van der Waals surface area contributed by atoms with Crippen molar-refractivity contribution in [3.63, 3.8) is 0 Å². The van der Waals surface area contributed by atoms with Gasteiger partial charge in [-0.05, 0) is 54.1 Å². The first kappa shape index (κ1) is 21.9. The van der Waals surface area contributed by atoms with Gasteiger partial charge in [-0.25, -0.2) is 8.78 Å². The van der Waals surface area contributed by atoms with Crippen LogP contribution in [0.5, 0.6) is 0 Å². The second kappa shape index (κ2) is 9.82. The minimum Gasteiger partial charge on any atom is -0.390 e. The van der Waals surface area contributed by atoms with Crippen molar-refractivity contribution < 1.29 is 18.7 Å². The number of hydrogen-bond donors (Lipinski definition) is 3. The molecular formula is C23H27F2N3O2. The Labute approximate surface area is 174 Å². The van der Waals surface area contributed by atoms with Gasteiger partial charge in [-0.1, -0.05) is 19.4 Å². The molecular weight excluding hydrogens is 388 g/mol. The maximum absolute atomic E-state index is 13.5. The average molecular weight is 415 g/mol. The number of unbranched alkanes of at least 4 members (excludes halogenated alkanes) is 1. The summed E-state index contributed by atoms with van der Waals surface area (Å²) in [6.07, 6.45) is 3.10. The van der Waals surface area contributed by atoms with E-state index in [1.54, 1.807) is 6.07 Å². The van der Waals surface area contributed by atoms with Gasteiger partial charge in [0.2, 0.25) is 0 Å². The van der Waals surface area contributed by atoms with Crippen molar-refractivity contribution >= 4 is 16.8 Å². The standard InChI is InChI=1S/C23H27F2N3O2/c1-2-3-7-28-8-6-16-4-5-17(12-21(16)28)23(30)27-20(22(29)14-26)11-15-9-18(24)13-19(25)10-15/h4-6,8-10,12-13,20,22,29H,2-3,7,11,14,26H2,1H3,(H,27,30)/t20-,22+/m0/s1. The van der Waals surface area contributed by atoms with Crippen molar-refractivity contribution in [2.24, 2.45) is 5.73 Å². The summed E-state index contributed by atoms with van der Waals surface area (Å²) in [5.74, 6) is -1.80. The fourth-order valence-corrected chi connectivity index (χ4v) is 3.53. The van der Waals surface area contributed by atoms with E-state index in [0.29, 0.717) is 11.1 Å². The predicted octanol–water partition coefficient (Wildman–Crippen LogP) is 3.38. The highest BCUT2D eigenvalue weighted by Gasteiger charge is 2.22. The summed E-state index contributed by atoms with van der Waals surface area (Å²) < 4.78 is 29.1. The van der Waals surface area contributed by atoms with Crippen LogP contribution in [0.15, 0.2) is 48.7 Å². The molecule has 0 saturated heterocycles. The van der Waals surface area contributed by atoms with Gasteiger partial charge in [0.15, 0.2) is 0 Å². The van der Waals surface area contributed by atoms with Gasteiger partial charge in [0.1, 0.15) is 11.6 Å². The topological polar surface area (TPSA) is 80.3 Å². The lowest BCUT2D eigenvalue weighted by Gasteiger charge is -2.23. The molecule has 3 aromatic rings. The first-order valence-electron chi connectivity index (χ1n) is 10.1. The molecule has 0 saturated carbocycles. The van der Waals surface area contributed by atoms with E-state index >= 15 is 0 Å². The van der Waals surface area contributed by atoms with Crippen LogP contribution in [0.25, 0.3) is 10.9 Å². The number of aliphatic hydroxyl groups excluding tert-OH is 1. The lowest BCUT2D eigenvalue weighted by atomic mass is 10.00. The molecule has 0 spiro atoms. The summed E-state index contributed by atoms with van der Waals surface area (Å²) in [6.45, 7) is 2.89. The molecule has 0 unspecified atom stereocenters. The van der Waals surface area contributed by atoms with Gasteiger partial charge >= 0.3 is 0 Å². The number of hydrogen-bond acceptors (Lipinski definition) is 3. The molecule has 2 atom stereocenters. The highest BCUT2D eigenvalue weighted by molar-refractivity contribution is 5.98. The minimum atomic E-state index is -1.06. The summed E-state index contributed by atoms with van der Waals surface area (Å²) in [6, 6.07) is 9.76. The van der Waals surface area contributed by atoms with Gasteiger partial charge in [0.05, 0.1) is 12.1 Å².